The van der Waals surface area contributed by atoms with Gasteiger partial charge < -0.3 is 10.6 Å². The van der Waals surface area contributed by atoms with Crippen molar-refractivity contribution < 1.29 is 4.79 Å². The number of hydrogen-bond donors (Lipinski definition) is 2. The molecule has 1 aromatic rings. The first kappa shape index (κ1) is 13.4. The van der Waals surface area contributed by atoms with Crippen LogP contribution in [-0.4, -0.2) is 24.0 Å². The van der Waals surface area contributed by atoms with Gasteiger partial charge in [-0.1, -0.05) is 25.1 Å². The molecule has 1 atom stereocenters. The summed E-state index contributed by atoms with van der Waals surface area (Å²) in [5.41, 5.74) is 2.10. The van der Waals surface area contributed by atoms with Gasteiger partial charge in [0.05, 0.1) is 0 Å². The maximum atomic E-state index is 12.1. The third-order valence-corrected chi connectivity index (χ3v) is 4.30. The molecule has 0 bridgehead atoms. The van der Waals surface area contributed by atoms with Gasteiger partial charge in [-0.3, -0.25) is 4.79 Å². The van der Waals surface area contributed by atoms with E-state index in [1.165, 1.54) is 0 Å². The third kappa shape index (κ3) is 3.50. The van der Waals surface area contributed by atoms with Crippen molar-refractivity contribution in [1.82, 2.24) is 5.32 Å². The van der Waals surface area contributed by atoms with E-state index in [0.29, 0.717) is 0 Å². The van der Waals surface area contributed by atoms with Crippen molar-refractivity contribution in [2.24, 2.45) is 5.92 Å². The van der Waals surface area contributed by atoms with Gasteiger partial charge in [-0.05, 0) is 30.3 Å². The normalized spacial score (nSPS) is 18.8. The molecule has 1 aromatic carbocycles. The summed E-state index contributed by atoms with van der Waals surface area (Å²) < 4.78 is 0. The lowest BCUT2D eigenvalue weighted by Gasteiger charge is -2.13. The maximum Gasteiger partial charge on any atom is 0.228 e. The standard InChI is InChI=1S/C14H20N2OS/c1-2-15-9-11-5-3-4-6-13(11)16-14(17)12-7-8-18-10-12/h3-6,12,15H,2,7-10H2,1H3,(H,16,17). The molecule has 0 aromatic heterocycles. The Morgan fingerprint density at radius 1 is 1.44 bits per heavy atom. The summed E-state index contributed by atoms with van der Waals surface area (Å²) in [5, 5.41) is 6.36. The number of carbonyl (C=O) groups excluding carboxylic acids is 1. The summed E-state index contributed by atoms with van der Waals surface area (Å²) >= 11 is 1.87. The van der Waals surface area contributed by atoms with Crippen LogP contribution in [0.5, 0.6) is 0 Å². The summed E-state index contributed by atoms with van der Waals surface area (Å²) in [5.74, 6) is 2.42. The van der Waals surface area contributed by atoms with Crippen LogP contribution >= 0.6 is 11.8 Å². The monoisotopic (exact) mass is 264 g/mol. The molecule has 0 saturated carbocycles. The molecule has 2 N–H and O–H groups in total. The van der Waals surface area contributed by atoms with Crippen LogP contribution in [0.1, 0.15) is 18.9 Å². The molecule has 98 valence electrons. The van der Waals surface area contributed by atoms with Crippen LogP contribution in [0.3, 0.4) is 0 Å². The molecule has 1 saturated heterocycles. The third-order valence-electron chi connectivity index (χ3n) is 3.14. The highest BCUT2D eigenvalue weighted by atomic mass is 32.2. The fraction of sp³-hybridized carbons (Fsp3) is 0.500. The molecule has 1 amide bonds. The number of amides is 1. The molecule has 0 aliphatic carbocycles. The van der Waals surface area contributed by atoms with E-state index in [-0.39, 0.29) is 11.8 Å². The first-order valence-electron chi connectivity index (χ1n) is 6.48. The van der Waals surface area contributed by atoms with Crippen molar-refractivity contribution in [3.63, 3.8) is 0 Å². The fourth-order valence-corrected chi connectivity index (χ4v) is 3.25. The van der Waals surface area contributed by atoms with Crippen molar-refractivity contribution >= 4 is 23.4 Å². The molecule has 1 aliphatic heterocycles. The van der Waals surface area contributed by atoms with Crippen molar-refractivity contribution in [1.29, 1.82) is 0 Å². The highest BCUT2D eigenvalue weighted by Gasteiger charge is 2.23. The van der Waals surface area contributed by atoms with Crippen LogP contribution in [0.25, 0.3) is 0 Å². The maximum absolute atomic E-state index is 12.1. The van der Waals surface area contributed by atoms with Gasteiger partial charge in [-0.15, -0.1) is 0 Å². The Bertz CT molecular complexity index is 403. The van der Waals surface area contributed by atoms with Crippen LogP contribution in [0.15, 0.2) is 24.3 Å². The van der Waals surface area contributed by atoms with Gasteiger partial charge in [0.1, 0.15) is 0 Å². The highest BCUT2D eigenvalue weighted by molar-refractivity contribution is 7.99. The van der Waals surface area contributed by atoms with Gasteiger partial charge in [-0.2, -0.15) is 11.8 Å². The Labute approximate surface area is 113 Å². The molecule has 0 spiro atoms. The molecule has 3 nitrogen and oxygen atoms in total. The van der Waals surface area contributed by atoms with E-state index in [9.17, 15) is 4.79 Å². The molecule has 4 heteroatoms. The lowest BCUT2D eigenvalue weighted by molar-refractivity contribution is -0.119. The van der Waals surface area contributed by atoms with Crippen LogP contribution in [0, 0.1) is 5.92 Å². The fourth-order valence-electron chi connectivity index (χ4n) is 2.03. The van der Waals surface area contributed by atoms with E-state index >= 15 is 0 Å². The lowest BCUT2D eigenvalue weighted by Crippen LogP contribution is -2.23. The van der Waals surface area contributed by atoms with E-state index in [1.807, 2.05) is 30.0 Å². The van der Waals surface area contributed by atoms with Gasteiger partial charge in [0.25, 0.3) is 0 Å². The summed E-state index contributed by atoms with van der Waals surface area (Å²) in [6.07, 6.45) is 1.01. The molecule has 0 radical (unpaired) electrons. The molecule has 2 rings (SSSR count). The first-order valence-corrected chi connectivity index (χ1v) is 7.64. The molecule has 1 heterocycles. The van der Waals surface area contributed by atoms with Gasteiger partial charge >= 0.3 is 0 Å². The molecule has 18 heavy (non-hydrogen) atoms. The Kier molecular flexibility index (Phi) is 5.08. The number of para-hydroxylation sites is 1. The summed E-state index contributed by atoms with van der Waals surface area (Å²) in [7, 11) is 0. The van der Waals surface area contributed by atoms with E-state index in [0.717, 1.165) is 42.3 Å². The van der Waals surface area contributed by atoms with E-state index < -0.39 is 0 Å². The van der Waals surface area contributed by atoms with E-state index in [4.69, 9.17) is 0 Å². The van der Waals surface area contributed by atoms with Crippen LogP contribution < -0.4 is 10.6 Å². The van der Waals surface area contributed by atoms with Crippen molar-refractivity contribution in [3.8, 4) is 0 Å². The van der Waals surface area contributed by atoms with Crippen LogP contribution in [0.2, 0.25) is 0 Å². The van der Waals surface area contributed by atoms with Crippen molar-refractivity contribution in [2.75, 3.05) is 23.4 Å². The smallest absolute Gasteiger partial charge is 0.228 e. The zero-order valence-electron chi connectivity index (χ0n) is 10.7. The summed E-state index contributed by atoms with van der Waals surface area (Å²) in [6, 6.07) is 8.01. The van der Waals surface area contributed by atoms with Crippen LogP contribution in [0.4, 0.5) is 5.69 Å². The number of hydrogen-bond acceptors (Lipinski definition) is 3. The second kappa shape index (κ2) is 6.81. The number of carbonyl (C=O) groups is 1. The molecular formula is C14H20N2OS. The van der Waals surface area contributed by atoms with Gasteiger partial charge in [0.15, 0.2) is 0 Å². The molecular weight excluding hydrogens is 244 g/mol. The summed E-state index contributed by atoms with van der Waals surface area (Å²) in [6.45, 7) is 3.81. The number of benzene rings is 1. The quantitative estimate of drug-likeness (QED) is 0.858. The molecule has 1 fully saturated rings. The predicted octanol–water partition coefficient (Wildman–Crippen LogP) is 2.49. The minimum Gasteiger partial charge on any atom is -0.326 e. The minimum absolute atomic E-state index is 0.170. The Balaban J connectivity index is 2.00. The predicted molar refractivity (Wildman–Crippen MR) is 77.9 cm³/mol. The average Bonchev–Trinajstić information content (AvgIpc) is 2.91. The largest absolute Gasteiger partial charge is 0.326 e. The topological polar surface area (TPSA) is 41.1 Å². The number of rotatable bonds is 5. The van der Waals surface area contributed by atoms with E-state index in [2.05, 4.69) is 23.6 Å². The van der Waals surface area contributed by atoms with Gasteiger partial charge in [0.2, 0.25) is 5.91 Å². The first-order chi connectivity index (χ1) is 8.81. The molecule has 1 aliphatic rings. The van der Waals surface area contributed by atoms with Gasteiger partial charge in [0, 0.05) is 23.9 Å². The Morgan fingerprint density at radius 3 is 3.00 bits per heavy atom. The number of anilines is 1. The SMILES string of the molecule is CCNCc1ccccc1NC(=O)C1CCSC1. The Morgan fingerprint density at radius 2 is 2.28 bits per heavy atom. The van der Waals surface area contributed by atoms with Crippen molar-refractivity contribution in [2.45, 2.75) is 19.9 Å². The van der Waals surface area contributed by atoms with Crippen molar-refractivity contribution in [3.05, 3.63) is 29.8 Å². The van der Waals surface area contributed by atoms with Gasteiger partial charge in [-0.25, -0.2) is 0 Å². The second-order valence-corrected chi connectivity index (χ2v) is 5.64. The number of thioether (sulfide) groups is 1. The zero-order valence-corrected chi connectivity index (χ0v) is 11.6. The molecule has 1 unspecified atom stereocenters. The lowest BCUT2D eigenvalue weighted by atomic mass is 10.1. The zero-order chi connectivity index (χ0) is 12.8. The average molecular weight is 264 g/mol. The minimum atomic E-state index is 0.170. The number of nitrogens with one attached hydrogen (secondary N) is 2. The summed E-state index contributed by atoms with van der Waals surface area (Å²) in [4.78, 5) is 12.1. The second-order valence-electron chi connectivity index (χ2n) is 4.49. The van der Waals surface area contributed by atoms with E-state index in [1.54, 1.807) is 0 Å². The van der Waals surface area contributed by atoms with Crippen LogP contribution in [-0.2, 0) is 11.3 Å². The highest BCUT2D eigenvalue weighted by Crippen LogP contribution is 2.25. The Hall–Kier alpha value is -1.000.